The van der Waals surface area contributed by atoms with Gasteiger partial charge in [0.05, 0.1) is 0 Å². The topological polar surface area (TPSA) is 181 Å². The Balaban J connectivity index is 6.39. The molecule has 0 aliphatic rings. The third-order valence-electron chi connectivity index (χ3n) is 9.94. The zero-order valence-corrected chi connectivity index (χ0v) is 37.9. The fourth-order valence-electron chi connectivity index (χ4n) is 6.14. The maximum absolute atomic E-state index is 14.3. The van der Waals surface area contributed by atoms with E-state index in [1.807, 2.05) is 34.6 Å². The minimum atomic E-state index is -1.04. The minimum Gasteiger partial charge on any atom is -0.357 e. The van der Waals surface area contributed by atoms with Crippen LogP contribution in [0, 0.1) is 17.8 Å². The van der Waals surface area contributed by atoms with Gasteiger partial charge in [-0.2, -0.15) is 11.8 Å². The van der Waals surface area contributed by atoms with Crippen LogP contribution in [0.3, 0.4) is 0 Å². The summed E-state index contributed by atoms with van der Waals surface area (Å²) in [4.78, 5) is 101. The van der Waals surface area contributed by atoms with Crippen molar-refractivity contribution in [1.29, 1.82) is 0 Å². The van der Waals surface area contributed by atoms with Crippen LogP contribution in [0.2, 0.25) is 0 Å². The number of hydrogen-bond donors (Lipinski definition) is 4. The first-order valence-corrected chi connectivity index (χ1v) is 21.5. The summed E-state index contributed by atoms with van der Waals surface area (Å²) in [5, 5.41) is 10.6. The molecule has 0 aliphatic carbocycles. The summed E-state index contributed by atoms with van der Waals surface area (Å²) in [7, 11) is 6.18. The van der Waals surface area contributed by atoms with Crippen LogP contribution in [-0.2, 0) is 33.6 Å². The van der Waals surface area contributed by atoms with Crippen molar-refractivity contribution < 1.29 is 33.6 Å². The highest BCUT2D eigenvalue weighted by molar-refractivity contribution is 7.99. The number of carbonyl (C=O) groups is 7. The Morgan fingerprint density at radius 2 is 1.05 bits per heavy atom. The van der Waals surface area contributed by atoms with Crippen LogP contribution >= 0.6 is 11.8 Å². The molecule has 4 N–H and O–H groups in total. The lowest BCUT2D eigenvalue weighted by molar-refractivity contribution is -0.148. The van der Waals surface area contributed by atoms with E-state index < -0.39 is 59.9 Å². The minimum absolute atomic E-state index is 0.00810. The van der Waals surface area contributed by atoms with Crippen molar-refractivity contribution >= 4 is 53.1 Å². The van der Waals surface area contributed by atoms with E-state index >= 15 is 0 Å². The molecule has 0 bridgehead atoms. The zero-order valence-electron chi connectivity index (χ0n) is 37.1. The highest BCUT2D eigenvalue weighted by Crippen LogP contribution is 2.20. The molecular weight excluding hydrogens is 737 g/mol. The molecule has 0 saturated heterocycles. The largest absolute Gasteiger partial charge is 0.357 e. The summed E-state index contributed by atoms with van der Waals surface area (Å²) in [5.41, 5.74) is 0. The Kier molecular flexibility index (Phi) is 24.9. The van der Waals surface area contributed by atoms with Crippen LogP contribution in [0.25, 0.3) is 0 Å². The summed E-state index contributed by atoms with van der Waals surface area (Å²) >= 11 is 1.60. The van der Waals surface area contributed by atoms with Gasteiger partial charge in [0.1, 0.15) is 36.3 Å². The molecule has 0 rings (SSSR count). The van der Waals surface area contributed by atoms with Crippen LogP contribution in [0.5, 0.6) is 0 Å². The van der Waals surface area contributed by atoms with Crippen LogP contribution in [0.4, 0.5) is 0 Å². The monoisotopic (exact) mass is 813 g/mol. The van der Waals surface area contributed by atoms with E-state index in [0.29, 0.717) is 25.0 Å². The summed E-state index contributed by atoms with van der Waals surface area (Å²) < 4.78 is 0. The number of nitrogens with one attached hydrogen (secondary N) is 4. The van der Waals surface area contributed by atoms with Gasteiger partial charge in [-0.3, -0.25) is 33.6 Å². The number of hydrogen-bond acceptors (Lipinski definition) is 9. The smallest absolute Gasteiger partial charge is 0.246 e. The molecule has 324 valence electrons. The average molecular weight is 813 g/mol. The number of carbonyl (C=O) groups excluding carboxylic acids is 7. The van der Waals surface area contributed by atoms with E-state index in [1.165, 1.54) is 42.6 Å². The van der Waals surface area contributed by atoms with Gasteiger partial charge in [-0.05, 0) is 64.0 Å². The van der Waals surface area contributed by atoms with E-state index in [1.54, 1.807) is 39.7 Å². The zero-order chi connectivity index (χ0) is 43.4. The molecule has 0 spiro atoms. The Morgan fingerprint density at radius 3 is 1.50 bits per heavy atom. The number of nitrogens with zero attached hydrogens (tertiary/aromatic N) is 4. The fraction of sp³-hybridized carbons (Fsp3) is 0.825. The molecule has 56 heavy (non-hydrogen) atoms. The van der Waals surface area contributed by atoms with E-state index in [-0.39, 0.29) is 41.9 Å². The Bertz CT molecular complexity index is 1280. The SMILES string of the molecule is CCCC(=O)N(C)[C@H](CSCCN(CC)CC)C(=O)N(C)[C@@H](CC(C)C)C(=O)N[C@H](C(=O)N(C)[C@@H](CC(C)C)C(=O)N[C@H](C)C(=O)N[C@H](C)C(=O)NC)C(C)C. The number of rotatable bonds is 26. The highest BCUT2D eigenvalue weighted by atomic mass is 32.2. The molecular formula is C40H76N8O7S. The normalized spacial score (nSPS) is 14.7. The van der Waals surface area contributed by atoms with Crippen molar-refractivity contribution in [3.8, 4) is 0 Å². The summed E-state index contributed by atoms with van der Waals surface area (Å²) in [6.07, 6.45) is 1.53. The predicted molar refractivity (Wildman–Crippen MR) is 225 cm³/mol. The van der Waals surface area contributed by atoms with Gasteiger partial charge in [-0.15, -0.1) is 0 Å². The van der Waals surface area contributed by atoms with Crippen molar-refractivity contribution in [3.63, 3.8) is 0 Å². The molecule has 0 aliphatic heterocycles. The molecule has 16 heteroatoms. The lowest BCUT2D eigenvalue weighted by atomic mass is 9.96. The van der Waals surface area contributed by atoms with Gasteiger partial charge in [-0.25, -0.2) is 0 Å². The van der Waals surface area contributed by atoms with Crippen molar-refractivity contribution in [3.05, 3.63) is 0 Å². The fourth-order valence-corrected chi connectivity index (χ4v) is 7.28. The summed E-state index contributed by atoms with van der Waals surface area (Å²) in [6.45, 7) is 23.1. The van der Waals surface area contributed by atoms with E-state index in [4.69, 9.17) is 0 Å². The maximum atomic E-state index is 14.3. The van der Waals surface area contributed by atoms with Crippen molar-refractivity contribution in [2.45, 2.75) is 138 Å². The molecule has 0 radical (unpaired) electrons. The molecule has 0 aromatic heterocycles. The molecule has 0 saturated carbocycles. The number of likely N-dealkylation sites (N-methyl/N-ethyl adjacent to an activating group) is 4. The van der Waals surface area contributed by atoms with Crippen molar-refractivity contribution in [2.75, 3.05) is 59.3 Å². The van der Waals surface area contributed by atoms with Crippen molar-refractivity contribution in [1.82, 2.24) is 40.9 Å². The Hall–Kier alpha value is -3.40. The number of amides is 7. The van der Waals surface area contributed by atoms with Gasteiger partial charge in [-0.1, -0.05) is 62.3 Å². The first-order chi connectivity index (χ1) is 26.1. The maximum Gasteiger partial charge on any atom is 0.246 e. The molecule has 15 nitrogen and oxygen atoms in total. The van der Waals surface area contributed by atoms with Gasteiger partial charge >= 0.3 is 0 Å². The van der Waals surface area contributed by atoms with Crippen LogP contribution in [0.1, 0.15) is 102 Å². The standard InChI is InChI=1S/C40H76N8O7S/c1-16-19-33(49)45(13)32(24-56-21-20-48(17-2)18-3)39(54)46(14)31(23-26(6)7)38(53)44-34(27(8)9)40(55)47(15)30(22-25(4)5)37(52)43-29(11)36(51)42-28(10)35(50)41-12/h25-32,34H,16-24H2,1-15H3,(H,41,50)(H,42,51)(H,43,52)(H,44,53)/t28-,29-,30+,31+,32-,34+/m1/s1. The molecule has 6 atom stereocenters. The molecule has 0 fully saturated rings. The van der Waals surface area contributed by atoms with Crippen LogP contribution < -0.4 is 21.3 Å². The van der Waals surface area contributed by atoms with Gasteiger partial charge < -0.3 is 40.9 Å². The van der Waals surface area contributed by atoms with Crippen molar-refractivity contribution in [2.24, 2.45) is 17.8 Å². The first kappa shape index (κ1) is 52.6. The third-order valence-corrected chi connectivity index (χ3v) is 11.0. The second kappa shape index (κ2) is 26.5. The van der Waals surface area contributed by atoms with Crippen LogP contribution in [-0.4, -0.2) is 157 Å². The highest BCUT2D eigenvalue weighted by Gasteiger charge is 2.39. The summed E-state index contributed by atoms with van der Waals surface area (Å²) in [5.74, 6) is -2.23. The third kappa shape index (κ3) is 17.4. The average Bonchev–Trinajstić information content (AvgIpc) is 3.14. The summed E-state index contributed by atoms with van der Waals surface area (Å²) in [6, 6.07) is -5.56. The lowest BCUT2D eigenvalue weighted by Gasteiger charge is -2.37. The predicted octanol–water partition coefficient (Wildman–Crippen LogP) is 2.33. The second-order valence-corrected chi connectivity index (χ2v) is 17.0. The van der Waals surface area contributed by atoms with Gasteiger partial charge in [0.2, 0.25) is 41.4 Å². The molecule has 0 unspecified atom stereocenters. The van der Waals surface area contributed by atoms with E-state index in [0.717, 1.165) is 25.4 Å². The van der Waals surface area contributed by atoms with Gasteiger partial charge in [0, 0.05) is 52.7 Å². The number of thioether (sulfide) groups is 1. The molecule has 0 heterocycles. The Labute approximate surface area is 341 Å². The van der Waals surface area contributed by atoms with E-state index in [2.05, 4.69) is 40.0 Å². The van der Waals surface area contributed by atoms with E-state index in [9.17, 15) is 33.6 Å². The quantitative estimate of drug-likeness (QED) is 0.0955. The molecule has 0 aromatic carbocycles. The van der Waals surface area contributed by atoms with Gasteiger partial charge in [0.15, 0.2) is 0 Å². The lowest BCUT2D eigenvalue weighted by Crippen LogP contribution is -2.61. The second-order valence-electron chi connectivity index (χ2n) is 15.9. The molecule has 7 amide bonds. The Morgan fingerprint density at radius 1 is 0.589 bits per heavy atom. The first-order valence-electron chi connectivity index (χ1n) is 20.3. The van der Waals surface area contributed by atoms with Gasteiger partial charge in [0.25, 0.3) is 0 Å². The van der Waals surface area contributed by atoms with Crippen LogP contribution in [0.15, 0.2) is 0 Å². The molecule has 0 aromatic rings.